The van der Waals surface area contributed by atoms with Crippen LogP contribution in [0.5, 0.6) is 0 Å². The highest BCUT2D eigenvalue weighted by Crippen LogP contribution is 2.47. The molecule has 1 saturated carbocycles. The largest absolute Gasteiger partial charge is 0.396 e. The van der Waals surface area contributed by atoms with Gasteiger partial charge in [0.2, 0.25) is 5.95 Å². The van der Waals surface area contributed by atoms with Crippen molar-refractivity contribution >= 4 is 41.5 Å². The molecule has 2 aromatic rings. The van der Waals surface area contributed by atoms with Crippen molar-refractivity contribution in [3.63, 3.8) is 0 Å². The van der Waals surface area contributed by atoms with Crippen LogP contribution in [-0.2, 0) is 6.42 Å². The standard InChI is InChI=1S/C17H22ClN5O.ClH/c18-14-13(19)15(23-16(20)22-14)21-9-17(10-24)7-12(8-17)6-11-4-2-1-3-5-11;/h1-5,12,24H,6-10,19H2,(H3,20,21,22,23);1H. The number of nitrogens with zero attached hydrogens (tertiary/aromatic N) is 2. The molecule has 0 atom stereocenters. The van der Waals surface area contributed by atoms with E-state index in [-0.39, 0.29) is 41.2 Å². The summed E-state index contributed by atoms with van der Waals surface area (Å²) in [5.41, 5.74) is 12.9. The number of halogens is 2. The van der Waals surface area contributed by atoms with Crippen molar-refractivity contribution in [2.75, 3.05) is 29.9 Å². The Labute approximate surface area is 158 Å². The number of nitrogens with one attached hydrogen (secondary N) is 1. The third kappa shape index (κ3) is 4.45. The first-order valence-corrected chi connectivity index (χ1v) is 8.36. The van der Waals surface area contributed by atoms with Crippen molar-refractivity contribution in [2.24, 2.45) is 11.3 Å². The zero-order chi connectivity index (χ0) is 17.2. The molecule has 0 bridgehead atoms. The van der Waals surface area contributed by atoms with Crippen LogP contribution in [0.15, 0.2) is 30.3 Å². The van der Waals surface area contributed by atoms with E-state index in [4.69, 9.17) is 23.1 Å². The monoisotopic (exact) mass is 383 g/mol. The normalized spacial score (nSPS) is 21.9. The Morgan fingerprint density at radius 1 is 1.20 bits per heavy atom. The van der Waals surface area contributed by atoms with Crippen LogP contribution < -0.4 is 16.8 Å². The molecule has 0 spiro atoms. The summed E-state index contributed by atoms with van der Waals surface area (Å²) < 4.78 is 0. The third-order valence-electron chi connectivity index (χ3n) is 4.69. The van der Waals surface area contributed by atoms with Gasteiger partial charge in [0, 0.05) is 12.0 Å². The molecular formula is C17H23Cl2N5O. The summed E-state index contributed by atoms with van der Waals surface area (Å²) in [4.78, 5) is 7.89. The van der Waals surface area contributed by atoms with E-state index in [9.17, 15) is 5.11 Å². The van der Waals surface area contributed by atoms with Gasteiger partial charge in [-0.3, -0.25) is 0 Å². The second kappa shape index (κ2) is 8.08. The molecule has 1 aliphatic rings. The number of nitrogens with two attached hydrogens (primary N) is 2. The van der Waals surface area contributed by atoms with Crippen LogP contribution in [-0.4, -0.2) is 28.2 Å². The highest BCUT2D eigenvalue weighted by Gasteiger charge is 2.43. The number of anilines is 3. The Morgan fingerprint density at radius 3 is 2.52 bits per heavy atom. The first kappa shape index (κ1) is 19.6. The zero-order valence-corrected chi connectivity index (χ0v) is 15.4. The fourth-order valence-corrected chi connectivity index (χ4v) is 3.63. The summed E-state index contributed by atoms with van der Waals surface area (Å²) in [6.07, 6.45) is 2.95. The van der Waals surface area contributed by atoms with Crippen molar-refractivity contribution in [3.05, 3.63) is 41.0 Å². The van der Waals surface area contributed by atoms with Crippen molar-refractivity contribution in [2.45, 2.75) is 19.3 Å². The van der Waals surface area contributed by atoms with Gasteiger partial charge in [-0.1, -0.05) is 41.9 Å². The Hall–Kier alpha value is -1.76. The molecule has 0 unspecified atom stereocenters. The molecule has 8 heteroatoms. The molecule has 1 fully saturated rings. The molecule has 1 aliphatic carbocycles. The lowest BCUT2D eigenvalue weighted by Crippen LogP contribution is -2.46. The lowest BCUT2D eigenvalue weighted by molar-refractivity contribution is 0.00658. The van der Waals surface area contributed by atoms with Crippen LogP contribution in [0.1, 0.15) is 18.4 Å². The van der Waals surface area contributed by atoms with Gasteiger partial charge in [0.25, 0.3) is 0 Å². The van der Waals surface area contributed by atoms with E-state index in [0.717, 1.165) is 19.3 Å². The fourth-order valence-electron chi connectivity index (χ4n) is 3.45. The van der Waals surface area contributed by atoms with E-state index >= 15 is 0 Å². The molecule has 25 heavy (non-hydrogen) atoms. The topological polar surface area (TPSA) is 110 Å². The smallest absolute Gasteiger partial charge is 0.223 e. The first-order chi connectivity index (χ1) is 11.5. The van der Waals surface area contributed by atoms with Crippen molar-refractivity contribution in [1.82, 2.24) is 9.97 Å². The van der Waals surface area contributed by atoms with Gasteiger partial charge in [-0.05, 0) is 30.7 Å². The van der Waals surface area contributed by atoms with Crippen LogP contribution >= 0.6 is 24.0 Å². The zero-order valence-electron chi connectivity index (χ0n) is 13.8. The van der Waals surface area contributed by atoms with Gasteiger partial charge in [-0.15, -0.1) is 12.4 Å². The maximum atomic E-state index is 9.82. The third-order valence-corrected chi connectivity index (χ3v) is 4.98. The van der Waals surface area contributed by atoms with Crippen molar-refractivity contribution in [3.8, 4) is 0 Å². The first-order valence-electron chi connectivity index (χ1n) is 7.98. The molecule has 3 rings (SSSR count). The highest BCUT2D eigenvalue weighted by atomic mass is 35.5. The summed E-state index contributed by atoms with van der Waals surface area (Å²) >= 11 is 5.92. The van der Waals surface area contributed by atoms with E-state index in [0.29, 0.717) is 18.3 Å². The van der Waals surface area contributed by atoms with Gasteiger partial charge in [0.05, 0.1) is 6.61 Å². The molecule has 1 heterocycles. The summed E-state index contributed by atoms with van der Waals surface area (Å²) in [5.74, 6) is 1.08. The number of hydrogen-bond acceptors (Lipinski definition) is 6. The van der Waals surface area contributed by atoms with Crippen LogP contribution in [0.3, 0.4) is 0 Å². The molecule has 0 aliphatic heterocycles. The van der Waals surface area contributed by atoms with Gasteiger partial charge in [-0.25, -0.2) is 0 Å². The van der Waals surface area contributed by atoms with Crippen LogP contribution in [0, 0.1) is 11.3 Å². The maximum Gasteiger partial charge on any atom is 0.223 e. The van der Waals surface area contributed by atoms with Gasteiger partial charge >= 0.3 is 0 Å². The molecule has 1 aromatic heterocycles. The minimum Gasteiger partial charge on any atom is -0.396 e. The summed E-state index contributed by atoms with van der Waals surface area (Å²) in [7, 11) is 0. The van der Waals surface area contributed by atoms with Crippen molar-refractivity contribution in [1.29, 1.82) is 0 Å². The average Bonchev–Trinajstić information content (AvgIpc) is 2.54. The second-order valence-electron chi connectivity index (χ2n) is 6.61. The van der Waals surface area contributed by atoms with E-state index < -0.39 is 0 Å². The van der Waals surface area contributed by atoms with Crippen LogP contribution in [0.25, 0.3) is 0 Å². The fraction of sp³-hybridized carbons (Fsp3) is 0.412. The number of benzene rings is 1. The Balaban J connectivity index is 0.00000225. The maximum absolute atomic E-state index is 9.82. The predicted molar refractivity (Wildman–Crippen MR) is 104 cm³/mol. The highest BCUT2D eigenvalue weighted by molar-refractivity contribution is 6.32. The molecule has 0 amide bonds. The number of aliphatic hydroxyl groups excluding tert-OH is 1. The molecule has 136 valence electrons. The van der Waals surface area contributed by atoms with Crippen LogP contribution in [0.4, 0.5) is 17.5 Å². The van der Waals surface area contributed by atoms with Gasteiger partial charge in [0.15, 0.2) is 11.0 Å². The minimum absolute atomic E-state index is 0. The Kier molecular flexibility index (Phi) is 6.32. The number of nitrogen functional groups attached to an aromatic ring is 2. The number of aromatic nitrogens is 2. The van der Waals surface area contributed by atoms with Gasteiger partial charge in [-0.2, -0.15) is 9.97 Å². The summed E-state index contributed by atoms with van der Waals surface area (Å²) in [6.45, 7) is 0.700. The summed E-state index contributed by atoms with van der Waals surface area (Å²) in [6, 6.07) is 10.4. The second-order valence-corrected chi connectivity index (χ2v) is 6.97. The lowest BCUT2D eigenvalue weighted by Gasteiger charge is -2.47. The van der Waals surface area contributed by atoms with E-state index in [2.05, 4.69) is 39.6 Å². The molecule has 0 saturated heterocycles. The average molecular weight is 384 g/mol. The number of rotatable bonds is 6. The SMILES string of the molecule is Cl.Nc1nc(Cl)c(N)c(NCC2(CO)CC(Cc3ccccc3)C2)n1. The molecule has 6 N–H and O–H groups in total. The van der Waals surface area contributed by atoms with E-state index in [1.54, 1.807) is 0 Å². The Morgan fingerprint density at radius 2 is 1.88 bits per heavy atom. The molecule has 1 aromatic carbocycles. The molecular weight excluding hydrogens is 361 g/mol. The molecule has 6 nitrogen and oxygen atoms in total. The summed E-state index contributed by atoms with van der Waals surface area (Å²) in [5, 5.41) is 13.1. The van der Waals surface area contributed by atoms with Crippen molar-refractivity contribution < 1.29 is 5.11 Å². The van der Waals surface area contributed by atoms with Gasteiger partial charge in [0.1, 0.15) is 5.69 Å². The minimum atomic E-state index is -0.155. The predicted octanol–water partition coefficient (Wildman–Crippen LogP) is 2.76. The van der Waals surface area contributed by atoms with E-state index in [1.807, 2.05) is 6.07 Å². The molecule has 0 radical (unpaired) electrons. The Bertz CT molecular complexity index is 708. The van der Waals surface area contributed by atoms with Gasteiger partial charge < -0.3 is 21.9 Å². The van der Waals surface area contributed by atoms with E-state index in [1.165, 1.54) is 5.56 Å². The quantitative estimate of drug-likeness (QED) is 0.570. The number of hydrogen-bond donors (Lipinski definition) is 4. The lowest BCUT2D eigenvalue weighted by atomic mass is 9.60. The number of aliphatic hydroxyl groups is 1. The van der Waals surface area contributed by atoms with Crippen LogP contribution in [0.2, 0.25) is 5.15 Å².